The summed E-state index contributed by atoms with van der Waals surface area (Å²) in [6.07, 6.45) is -1.75. The minimum Gasteiger partial charge on any atom is -0.486 e. The van der Waals surface area contributed by atoms with Crippen molar-refractivity contribution in [3.8, 4) is 5.75 Å². The number of pyridine rings is 1. The highest BCUT2D eigenvalue weighted by Crippen LogP contribution is 2.43. The molecule has 318 valence electrons. The molecule has 0 spiro atoms. The van der Waals surface area contributed by atoms with Crippen LogP contribution in [0.15, 0.2) is 48.5 Å². The van der Waals surface area contributed by atoms with Gasteiger partial charge in [0.1, 0.15) is 28.8 Å². The number of likely N-dealkylation sites (N-methyl/N-ethyl adjacent to an activating group) is 1. The van der Waals surface area contributed by atoms with Crippen molar-refractivity contribution in [2.24, 2.45) is 0 Å². The lowest BCUT2D eigenvalue weighted by Crippen LogP contribution is -2.54. The van der Waals surface area contributed by atoms with Gasteiger partial charge in [0.15, 0.2) is 0 Å². The summed E-state index contributed by atoms with van der Waals surface area (Å²) in [6, 6.07) is 11.0. The van der Waals surface area contributed by atoms with E-state index in [0.717, 1.165) is 35.6 Å². The van der Waals surface area contributed by atoms with Gasteiger partial charge in [0.05, 0.1) is 41.8 Å². The van der Waals surface area contributed by atoms with Crippen molar-refractivity contribution in [2.75, 3.05) is 68.6 Å². The van der Waals surface area contributed by atoms with Gasteiger partial charge in [-0.25, -0.2) is 4.98 Å². The summed E-state index contributed by atoms with van der Waals surface area (Å²) < 4.78 is 58.2. The molecule has 3 N–H and O–H groups in total. The first-order chi connectivity index (χ1) is 28.7. The lowest BCUT2D eigenvalue weighted by atomic mass is 9.88. The third kappa shape index (κ3) is 8.53. The molecule has 2 saturated heterocycles. The van der Waals surface area contributed by atoms with Crippen LogP contribution < -0.4 is 25.6 Å². The maximum absolute atomic E-state index is 13.4. The van der Waals surface area contributed by atoms with E-state index in [1.807, 2.05) is 26.1 Å². The van der Waals surface area contributed by atoms with E-state index in [9.17, 15) is 37.1 Å². The Hall–Kier alpha value is -5.59. The highest BCUT2D eigenvalue weighted by molar-refractivity contribution is 6.25. The Morgan fingerprint density at radius 2 is 1.82 bits per heavy atom. The second-order valence-electron chi connectivity index (χ2n) is 16.2. The van der Waals surface area contributed by atoms with Crippen LogP contribution in [-0.4, -0.2) is 121 Å². The zero-order valence-electron chi connectivity index (χ0n) is 33.2. The summed E-state index contributed by atoms with van der Waals surface area (Å²) in [7, 11) is 2.01. The molecule has 0 bridgehead atoms. The van der Waals surface area contributed by atoms with E-state index in [1.165, 1.54) is 6.07 Å². The summed E-state index contributed by atoms with van der Waals surface area (Å²) in [5.41, 5.74) is 0.944. The summed E-state index contributed by atoms with van der Waals surface area (Å²) in [4.78, 5) is 72.7. The Bertz CT molecular complexity index is 2210. The monoisotopic (exact) mass is 833 g/mol. The number of carbonyl (C=O) groups is 5. The molecule has 1 unspecified atom stereocenters. The van der Waals surface area contributed by atoms with Gasteiger partial charge < -0.3 is 34.6 Å². The van der Waals surface area contributed by atoms with Crippen LogP contribution in [0.3, 0.4) is 0 Å². The number of hydrogen-bond acceptors (Lipinski definition) is 12. The normalized spacial score (nSPS) is 23.9. The van der Waals surface area contributed by atoms with E-state index in [1.54, 1.807) is 18.2 Å². The fourth-order valence-corrected chi connectivity index (χ4v) is 8.62. The first kappa shape index (κ1) is 41.2. The van der Waals surface area contributed by atoms with Crippen molar-refractivity contribution in [1.29, 1.82) is 0 Å². The predicted molar refractivity (Wildman–Crippen MR) is 211 cm³/mol. The summed E-state index contributed by atoms with van der Waals surface area (Å²) >= 11 is 0. The Labute approximate surface area is 343 Å². The molecule has 18 heteroatoms. The van der Waals surface area contributed by atoms with Crippen molar-refractivity contribution < 1.29 is 51.4 Å². The highest BCUT2D eigenvalue weighted by atomic mass is 19.4. The molecule has 15 nitrogen and oxygen atoms in total. The molecule has 3 fully saturated rings. The van der Waals surface area contributed by atoms with Crippen LogP contribution >= 0.6 is 0 Å². The number of aromatic nitrogens is 1. The van der Waals surface area contributed by atoms with Crippen LogP contribution in [0.4, 0.5) is 30.2 Å². The van der Waals surface area contributed by atoms with E-state index in [0.29, 0.717) is 81.5 Å². The van der Waals surface area contributed by atoms with Gasteiger partial charge >= 0.3 is 6.18 Å². The lowest BCUT2D eigenvalue weighted by molar-refractivity contribution is -0.141. The van der Waals surface area contributed by atoms with Gasteiger partial charge in [-0.05, 0) is 70.0 Å². The zero-order chi connectivity index (χ0) is 42.3. The van der Waals surface area contributed by atoms with E-state index in [4.69, 9.17) is 14.2 Å². The van der Waals surface area contributed by atoms with Crippen molar-refractivity contribution >= 4 is 46.6 Å². The molecule has 4 aliphatic heterocycles. The van der Waals surface area contributed by atoms with E-state index < -0.39 is 53.0 Å². The van der Waals surface area contributed by atoms with Gasteiger partial charge in [-0.3, -0.25) is 34.2 Å². The van der Waals surface area contributed by atoms with Crippen molar-refractivity contribution in [3.63, 3.8) is 0 Å². The molecule has 3 aromatic rings. The summed E-state index contributed by atoms with van der Waals surface area (Å²) in [6.45, 7) is 6.01. The van der Waals surface area contributed by atoms with Gasteiger partial charge in [-0.1, -0.05) is 12.1 Å². The smallest absolute Gasteiger partial charge is 0.433 e. The molecular weight excluding hydrogens is 787 g/mol. The molecule has 1 aliphatic carbocycles. The molecule has 5 aliphatic rings. The number of amides is 5. The van der Waals surface area contributed by atoms with Gasteiger partial charge in [-0.2, -0.15) is 13.2 Å². The number of morpholine rings is 1. The number of piperidine rings is 1. The van der Waals surface area contributed by atoms with Crippen molar-refractivity contribution in [3.05, 3.63) is 76.6 Å². The topological polar surface area (TPSA) is 172 Å². The largest absolute Gasteiger partial charge is 0.486 e. The number of halogens is 3. The molecule has 1 saturated carbocycles. The molecule has 0 radical (unpaired) electrons. The third-order valence-electron chi connectivity index (χ3n) is 11.5. The van der Waals surface area contributed by atoms with Crippen LogP contribution in [-0.2, 0) is 31.7 Å². The molecule has 5 heterocycles. The minimum absolute atomic E-state index is 0.0340. The number of carbonyl (C=O) groups excluding carboxylic acids is 5. The van der Waals surface area contributed by atoms with Crippen LogP contribution in [0, 0.1) is 0 Å². The van der Waals surface area contributed by atoms with E-state index >= 15 is 0 Å². The SMILES string of the molecule is CN(CCCO[C@H]1C[C@H](Nc2cccc3c2C(=O)N(C2CCC(=O)NC2=O)C3=O)C1)C[C@]1(C)Cc2cc(NC(=O)c3cccc(C(F)(F)F)n3)c(N3CCOCC3)cc2O1. The zero-order valence-corrected chi connectivity index (χ0v) is 33.2. The number of benzene rings is 2. The summed E-state index contributed by atoms with van der Waals surface area (Å²) in [5.74, 6) is -2.23. The number of imide groups is 2. The first-order valence-corrected chi connectivity index (χ1v) is 20.1. The van der Waals surface area contributed by atoms with Crippen LogP contribution in [0.5, 0.6) is 5.75 Å². The highest BCUT2D eigenvalue weighted by Gasteiger charge is 2.46. The van der Waals surface area contributed by atoms with Crippen LogP contribution in [0.2, 0.25) is 0 Å². The van der Waals surface area contributed by atoms with Gasteiger partial charge in [0.2, 0.25) is 11.8 Å². The second kappa shape index (κ2) is 16.5. The third-order valence-corrected chi connectivity index (χ3v) is 11.5. The average Bonchev–Trinajstić information content (AvgIpc) is 3.65. The Balaban J connectivity index is 0.814. The molecule has 2 atom stereocenters. The standard InChI is InChI=1S/C42H46F3N7O8/c1-41(22-24-18-30(32(21-33(24)60-41)51-13-16-58-17-14-51)48-37(54)29-8-4-9-34(47-29)42(43,44)45)23-50(2)12-5-15-59-26-19-25(20-26)46-28-7-3-6-27-36(28)40(57)52(39(27)56)31-10-11-35(53)49-38(31)55/h3-4,6-9,18,21,25-26,31,46H,5,10-17,19-20,22-23H2,1-2H3,(H,48,54)(H,49,53,55)/t25-,26-,31?,41-/m0/s1. The second-order valence-corrected chi connectivity index (χ2v) is 16.2. The number of hydrogen-bond donors (Lipinski definition) is 3. The number of alkyl halides is 3. The minimum atomic E-state index is -4.68. The average molecular weight is 834 g/mol. The van der Waals surface area contributed by atoms with Crippen molar-refractivity contribution in [2.45, 2.75) is 75.4 Å². The molecule has 5 amide bonds. The van der Waals surface area contributed by atoms with Gasteiger partial charge in [0, 0.05) is 69.0 Å². The number of ether oxygens (including phenoxy) is 3. The number of nitrogens with one attached hydrogen (secondary N) is 3. The quantitative estimate of drug-likeness (QED) is 0.165. The fourth-order valence-electron chi connectivity index (χ4n) is 8.62. The maximum atomic E-state index is 13.4. The van der Waals surface area contributed by atoms with Gasteiger partial charge in [0.25, 0.3) is 17.7 Å². The Morgan fingerprint density at radius 3 is 2.57 bits per heavy atom. The number of fused-ring (bicyclic) bond motifs is 2. The van der Waals surface area contributed by atoms with Crippen molar-refractivity contribution in [1.82, 2.24) is 20.1 Å². The Kier molecular flexibility index (Phi) is 11.3. The first-order valence-electron chi connectivity index (χ1n) is 20.1. The van der Waals surface area contributed by atoms with Gasteiger partial charge in [-0.15, -0.1) is 0 Å². The lowest BCUT2D eigenvalue weighted by Gasteiger charge is -2.37. The Morgan fingerprint density at radius 1 is 1.05 bits per heavy atom. The molecule has 2 aromatic carbocycles. The number of nitrogens with zero attached hydrogens (tertiary/aromatic N) is 4. The number of anilines is 3. The predicted octanol–water partition coefficient (Wildman–Crippen LogP) is 4.27. The van der Waals surface area contributed by atoms with E-state index in [2.05, 4.69) is 30.7 Å². The molecule has 8 rings (SSSR count). The van der Waals surface area contributed by atoms with Crippen LogP contribution in [0.25, 0.3) is 0 Å². The van der Waals surface area contributed by atoms with E-state index in [-0.39, 0.29) is 41.8 Å². The van der Waals surface area contributed by atoms with Crippen LogP contribution in [0.1, 0.15) is 81.5 Å². The fraction of sp³-hybridized carbons (Fsp3) is 0.476. The number of rotatable bonds is 13. The summed E-state index contributed by atoms with van der Waals surface area (Å²) in [5, 5.41) is 8.42. The molecule has 60 heavy (non-hydrogen) atoms. The maximum Gasteiger partial charge on any atom is 0.433 e. The molecular formula is C42H46F3N7O8. The molecule has 1 aromatic heterocycles.